The average molecular weight is 704 g/mol. The minimum absolute atomic E-state index is 0.638. The van der Waals surface area contributed by atoms with E-state index in [1.54, 1.807) is 0 Å². The highest BCUT2D eigenvalue weighted by atomic mass is 16.3. The number of rotatable bonds is 3. The lowest BCUT2D eigenvalue weighted by Crippen LogP contribution is -1.93. The number of hydrogen-bond acceptors (Lipinski definition) is 2. The van der Waals surface area contributed by atoms with Gasteiger partial charge in [-0.25, -0.2) is 4.85 Å². The van der Waals surface area contributed by atoms with Gasteiger partial charge in [0.25, 0.3) is 0 Å². The molecule has 0 aliphatic rings. The monoisotopic (exact) mass is 703 g/mol. The zero-order valence-corrected chi connectivity index (χ0v) is 29.7. The molecule has 0 fully saturated rings. The molecule has 12 rings (SSSR count). The molecule has 5 heteroatoms. The van der Waals surface area contributed by atoms with E-state index in [1.165, 1.54) is 27.4 Å². The van der Waals surface area contributed by atoms with Crippen LogP contribution in [0.2, 0.25) is 0 Å². The van der Waals surface area contributed by atoms with E-state index in [9.17, 15) is 0 Å². The Hall–Kier alpha value is -7.55. The van der Waals surface area contributed by atoms with E-state index in [2.05, 4.69) is 166 Å². The maximum atomic E-state index is 7.58. The Labute approximate surface area is 314 Å². The molecule has 4 aromatic heterocycles. The standard InChI is InChI=1S/C50H29N3O2/c1-29-11-17-45-37(23-29)35-7-3-5-9-43(35)52(45)33-15-21-49-41(27-33)39-24-30(12-19-47(39)54-49)31-13-20-48-40(25-31)42-28-34(16-22-50(42)55-48)53-44-10-6-4-8-36(44)38-26-32(51-2)14-18-46(38)53/h3-28H,1H3. The molecule has 0 amide bonds. The fourth-order valence-corrected chi connectivity index (χ4v) is 8.84. The van der Waals surface area contributed by atoms with Gasteiger partial charge in [-0.1, -0.05) is 66.2 Å². The molecule has 0 aliphatic heterocycles. The maximum Gasteiger partial charge on any atom is 0.188 e. The topological polar surface area (TPSA) is 40.5 Å². The molecule has 0 saturated heterocycles. The zero-order chi connectivity index (χ0) is 36.4. The number of aromatic nitrogens is 2. The third kappa shape index (κ3) is 4.28. The first-order valence-electron chi connectivity index (χ1n) is 18.4. The Morgan fingerprint density at radius 2 is 0.855 bits per heavy atom. The molecule has 0 atom stereocenters. The van der Waals surface area contributed by atoms with Crippen molar-refractivity contribution in [1.82, 2.24) is 9.13 Å². The van der Waals surface area contributed by atoms with Crippen molar-refractivity contribution in [2.45, 2.75) is 6.92 Å². The maximum absolute atomic E-state index is 7.58. The molecule has 4 heterocycles. The zero-order valence-electron chi connectivity index (χ0n) is 29.7. The van der Waals surface area contributed by atoms with Gasteiger partial charge < -0.3 is 18.0 Å². The molecule has 0 bridgehead atoms. The van der Waals surface area contributed by atoms with Gasteiger partial charge >= 0.3 is 0 Å². The van der Waals surface area contributed by atoms with Gasteiger partial charge in [-0.05, 0) is 120 Å². The van der Waals surface area contributed by atoms with Gasteiger partial charge in [-0.3, -0.25) is 0 Å². The number of furan rings is 2. The smallest absolute Gasteiger partial charge is 0.188 e. The normalized spacial score (nSPS) is 12.1. The SMILES string of the molecule is [C-]#[N+]c1ccc2c(c1)c1ccccc1n2-c1ccc2oc3ccc(-c4ccc5oc6ccc(-n7c8ccccc8c8cc(C)ccc87)cc6c5c4)cc3c2c1. The Balaban J connectivity index is 1.01. The minimum atomic E-state index is 0.638. The molecular formula is C50H29N3O2. The molecule has 55 heavy (non-hydrogen) atoms. The lowest BCUT2D eigenvalue weighted by molar-refractivity contribution is 0.668. The highest BCUT2D eigenvalue weighted by Crippen LogP contribution is 2.40. The first-order valence-corrected chi connectivity index (χ1v) is 18.4. The van der Waals surface area contributed by atoms with Gasteiger partial charge in [0, 0.05) is 49.1 Å². The predicted molar refractivity (Wildman–Crippen MR) is 226 cm³/mol. The van der Waals surface area contributed by atoms with E-state index in [0.717, 1.165) is 88.2 Å². The van der Waals surface area contributed by atoms with Gasteiger partial charge in [0.1, 0.15) is 22.3 Å². The number of aryl methyl sites for hydroxylation is 1. The summed E-state index contributed by atoms with van der Waals surface area (Å²) in [6.07, 6.45) is 0. The van der Waals surface area contributed by atoms with Crippen molar-refractivity contribution in [3.8, 4) is 22.5 Å². The van der Waals surface area contributed by atoms with E-state index in [4.69, 9.17) is 15.4 Å². The molecule has 0 radical (unpaired) electrons. The van der Waals surface area contributed by atoms with Crippen LogP contribution in [0.4, 0.5) is 5.69 Å². The van der Waals surface area contributed by atoms with Crippen molar-refractivity contribution in [1.29, 1.82) is 0 Å². The molecule has 0 N–H and O–H groups in total. The summed E-state index contributed by atoms with van der Waals surface area (Å²) in [7, 11) is 0. The Morgan fingerprint density at radius 3 is 1.40 bits per heavy atom. The first kappa shape index (κ1) is 30.0. The summed E-state index contributed by atoms with van der Waals surface area (Å²) in [6, 6.07) is 55.6. The summed E-state index contributed by atoms with van der Waals surface area (Å²) in [4.78, 5) is 3.70. The minimum Gasteiger partial charge on any atom is -0.456 e. The fourth-order valence-electron chi connectivity index (χ4n) is 8.84. The largest absolute Gasteiger partial charge is 0.456 e. The van der Waals surface area contributed by atoms with Crippen molar-refractivity contribution in [3.05, 3.63) is 175 Å². The average Bonchev–Trinajstić information content (AvgIpc) is 3.97. The Bertz CT molecular complexity index is 3640. The van der Waals surface area contributed by atoms with E-state index in [0.29, 0.717) is 5.69 Å². The number of hydrogen-bond donors (Lipinski definition) is 0. The van der Waals surface area contributed by atoms with Crippen molar-refractivity contribution in [3.63, 3.8) is 0 Å². The Kier molecular flexibility index (Phi) is 5.99. The van der Waals surface area contributed by atoms with Crippen LogP contribution >= 0.6 is 0 Å². The van der Waals surface area contributed by atoms with Crippen LogP contribution in [-0.2, 0) is 0 Å². The van der Waals surface area contributed by atoms with Crippen LogP contribution in [-0.4, -0.2) is 9.13 Å². The van der Waals surface area contributed by atoms with E-state index in [1.807, 2.05) is 12.1 Å². The molecule has 0 saturated carbocycles. The van der Waals surface area contributed by atoms with Crippen LogP contribution in [0.5, 0.6) is 0 Å². The highest BCUT2D eigenvalue weighted by molar-refractivity contribution is 6.13. The Morgan fingerprint density at radius 1 is 0.400 bits per heavy atom. The lowest BCUT2D eigenvalue weighted by atomic mass is 10.0. The van der Waals surface area contributed by atoms with Gasteiger partial charge in [0.15, 0.2) is 5.69 Å². The molecular weight excluding hydrogens is 675 g/mol. The predicted octanol–water partition coefficient (Wildman–Crippen LogP) is 14.2. The van der Waals surface area contributed by atoms with E-state index in [-0.39, 0.29) is 0 Å². The number of nitrogens with zero attached hydrogens (tertiary/aromatic N) is 3. The summed E-state index contributed by atoms with van der Waals surface area (Å²) >= 11 is 0. The van der Waals surface area contributed by atoms with Crippen molar-refractivity contribution >= 4 is 93.2 Å². The quantitative estimate of drug-likeness (QED) is 0.172. The second-order valence-corrected chi connectivity index (χ2v) is 14.5. The molecule has 12 aromatic rings. The van der Waals surface area contributed by atoms with Gasteiger partial charge in [-0.15, -0.1) is 0 Å². The third-order valence-corrected chi connectivity index (χ3v) is 11.4. The molecule has 256 valence electrons. The van der Waals surface area contributed by atoms with Crippen molar-refractivity contribution in [2.24, 2.45) is 0 Å². The van der Waals surface area contributed by atoms with Gasteiger partial charge in [0.2, 0.25) is 0 Å². The van der Waals surface area contributed by atoms with E-state index >= 15 is 0 Å². The van der Waals surface area contributed by atoms with Crippen LogP contribution < -0.4 is 0 Å². The van der Waals surface area contributed by atoms with Crippen LogP contribution in [0.1, 0.15) is 5.56 Å². The summed E-state index contributed by atoms with van der Waals surface area (Å²) < 4.78 is 17.4. The third-order valence-electron chi connectivity index (χ3n) is 11.4. The second-order valence-electron chi connectivity index (χ2n) is 14.5. The van der Waals surface area contributed by atoms with Crippen molar-refractivity contribution in [2.75, 3.05) is 0 Å². The lowest BCUT2D eigenvalue weighted by Gasteiger charge is -2.08. The van der Waals surface area contributed by atoms with Crippen LogP contribution in [0.3, 0.4) is 0 Å². The number of benzene rings is 8. The van der Waals surface area contributed by atoms with Crippen LogP contribution in [0, 0.1) is 13.5 Å². The second kappa shape index (κ2) is 11.0. The summed E-state index contributed by atoms with van der Waals surface area (Å²) in [6.45, 7) is 9.74. The molecule has 8 aromatic carbocycles. The van der Waals surface area contributed by atoms with Crippen molar-refractivity contribution < 1.29 is 8.83 Å². The van der Waals surface area contributed by atoms with Crippen LogP contribution in [0.15, 0.2) is 167 Å². The molecule has 0 aliphatic carbocycles. The van der Waals surface area contributed by atoms with Crippen LogP contribution in [0.25, 0.3) is 115 Å². The highest BCUT2D eigenvalue weighted by Gasteiger charge is 2.18. The number of fused-ring (bicyclic) bond motifs is 12. The summed E-state index contributed by atoms with van der Waals surface area (Å²) in [5, 5.41) is 8.99. The number of para-hydroxylation sites is 2. The summed E-state index contributed by atoms with van der Waals surface area (Å²) in [5.41, 5.74) is 14.2. The molecule has 0 spiro atoms. The fraction of sp³-hybridized carbons (Fsp3) is 0.0200. The first-order chi connectivity index (χ1) is 27.1. The molecule has 5 nitrogen and oxygen atoms in total. The van der Waals surface area contributed by atoms with E-state index < -0.39 is 0 Å². The molecule has 0 unspecified atom stereocenters. The van der Waals surface area contributed by atoms with Gasteiger partial charge in [-0.2, -0.15) is 0 Å². The summed E-state index contributed by atoms with van der Waals surface area (Å²) in [5.74, 6) is 0. The van der Waals surface area contributed by atoms with Gasteiger partial charge in [0.05, 0.1) is 28.6 Å².